The molecule has 4 N–H and O–H groups in total. The highest BCUT2D eigenvalue weighted by molar-refractivity contribution is 8.00. The van der Waals surface area contributed by atoms with Crippen molar-refractivity contribution in [2.75, 3.05) is 18.6 Å². The third-order valence-corrected chi connectivity index (χ3v) is 7.23. The van der Waals surface area contributed by atoms with E-state index in [1.807, 2.05) is 12.1 Å². The minimum atomic E-state index is -1.51. The lowest BCUT2D eigenvalue weighted by atomic mass is 10.0. The fraction of sp³-hybridized carbons (Fsp3) is 0.217. The van der Waals surface area contributed by atoms with Gasteiger partial charge in [0.2, 0.25) is 6.20 Å². The van der Waals surface area contributed by atoms with E-state index < -0.39 is 29.2 Å². The second kappa shape index (κ2) is 9.46. The van der Waals surface area contributed by atoms with Crippen molar-refractivity contribution < 1.29 is 38.4 Å². The molecule has 0 spiro atoms. The summed E-state index contributed by atoms with van der Waals surface area (Å²) in [5.41, 5.74) is 5.37. The molecule has 14 heteroatoms. The molecule has 2 amide bonds. The predicted octanol–water partition coefficient (Wildman–Crippen LogP) is -1.14. The van der Waals surface area contributed by atoms with Crippen LogP contribution in [0.15, 0.2) is 63.8 Å². The molecule has 13 nitrogen and oxygen atoms in total. The number of hydrogen-bond donors (Lipinski definition) is 3. The highest BCUT2D eigenvalue weighted by Gasteiger charge is 2.53. The zero-order valence-electron chi connectivity index (χ0n) is 19.3. The molecule has 2 aliphatic rings. The van der Waals surface area contributed by atoms with Gasteiger partial charge in [0.25, 0.3) is 17.8 Å². The first-order chi connectivity index (χ1) is 17.8. The Morgan fingerprint density at radius 1 is 1.41 bits per heavy atom. The van der Waals surface area contributed by atoms with Crippen molar-refractivity contribution in [3.63, 3.8) is 0 Å². The number of aromatic nitrogens is 2. The van der Waals surface area contributed by atoms with Crippen molar-refractivity contribution >= 4 is 52.0 Å². The number of nitrogens with one attached hydrogen (secondary N) is 1. The Labute approximate surface area is 213 Å². The number of carbonyl (C=O) groups excluding carboxylic acids is 3. The van der Waals surface area contributed by atoms with Crippen LogP contribution >= 0.6 is 11.8 Å². The number of amides is 2. The van der Waals surface area contributed by atoms with Gasteiger partial charge in [-0.3, -0.25) is 14.5 Å². The Morgan fingerprint density at radius 2 is 2.19 bits per heavy atom. The lowest BCUT2D eigenvalue weighted by Gasteiger charge is -2.50. The number of nitrogens with zero attached hydrogens (tertiary/aromatic N) is 4. The lowest BCUT2D eigenvalue weighted by Crippen LogP contribution is -2.71. The van der Waals surface area contributed by atoms with Crippen LogP contribution in [-0.2, 0) is 25.8 Å². The summed E-state index contributed by atoms with van der Waals surface area (Å²) in [6.45, 7) is 0.112. The molecule has 0 radical (unpaired) electrons. The summed E-state index contributed by atoms with van der Waals surface area (Å²) in [6.07, 6.45) is 4.38. The topological polar surface area (TPSA) is 187 Å². The van der Waals surface area contributed by atoms with Gasteiger partial charge in [0.15, 0.2) is 24.2 Å². The zero-order chi connectivity index (χ0) is 26.3. The van der Waals surface area contributed by atoms with E-state index >= 15 is 0 Å². The minimum absolute atomic E-state index is 0.00467. The molecule has 0 aliphatic carbocycles. The number of pyridine rings is 1. The first-order valence-corrected chi connectivity index (χ1v) is 12.0. The van der Waals surface area contributed by atoms with Gasteiger partial charge in [0, 0.05) is 22.1 Å². The van der Waals surface area contributed by atoms with E-state index in [2.05, 4.69) is 15.5 Å². The maximum absolute atomic E-state index is 13.0. The molecular formula is C23H20N6O7S. The van der Waals surface area contributed by atoms with Gasteiger partial charge in [-0.15, -0.1) is 11.8 Å². The average molecular weight is 525 g/mol. The third-order valence-electron chi connectivity index (χ3n) is 5.89. The van der Waals surface area contributed by atoms with E-state index in [4.69, 9.17) is 15.0 Å². The lowest BCUT2D eigenvalue weighted by molar-refractivity contribution is -0.688. The van der Waals surface area contributed by atoms with Gasteiger partial charge < -0.3 is 35.3 Å². The van der Waals surface area contributed by atoms with Crippen molar-refractivity contribution in [1.29, 1.82) is 0 Å². The van der Waals surface area contributed by atoms with Crippen molar-refractivity contribution in [3.05, 3.63) is 59.9 Å². The van der Waals surface area contributed by atoms with Crippen molar-refractivity contribution in [2.45, 2.75) is 18.0 Å². The summed E-state index contributed by atoms with van der Waals surface area (Å²) in [4.78, 5) is 47.6. The quantitative estimate of drug-likeness (QED) is 0.147. The van der Waals surface area contributed by atoms with E-state index in [0.29, 0.717) is 11.0 Å². The maximum Gasteiger partial charge on any atom is 0.292 e. The molecule has 190 valence electrons. The van der Waals surface area contributed by atoms with E-state index in [0.717, 1.165) is 16.5 Å². The van der Waals surface area contributed by atoms with Gasteiger partial charge in [0.1, 0.15) is 30.5 Å². The van der Waals surface area contributed by atoms with E-state index in [9.17, 15) is 24.6 Å². The van der Waals surface area contributed by atoms with Gasteiger partial charge >= 0.3 is 0 Å². The largest absolute Gasteiger partial charge is 0.543 e. The summed E-state index contributed by atoms with van der Waals surface area (Å²) >= 11 is 1.29. The van der Waals surface area contributed by atoms with Gasteiger partial charge in [-0.05, 0) is 6.07 Å². The van der Waals surface area contributed by atoms with Gasteiger partial charge in [-0.25, -0.2) is 0 Å². The van der Waals surface area contributed by atoms with Crippen LogP contribution in [0.1, 0.15) is 5.69 Å². The molecule has 3 aromatic rings. The fourth-order valence-corrected chi connectivity index (χ4v) is 5.63. The number of carboxylic acids is 1. The number of aromatic hydroxyl groups is 1. The summed E-state index contributed by atoms with van der Waals surface area (Å²) in [5.74, 6) is -2.61. The number of oxime groups is 1. The minimum Gasteiger partial charge on any atom is -0.543 e. The van der Waals surface area contributed by atoms with Gasteiger partial charge in [-0.1, -0.05) is 23.4 Å². The Balaban J connectivity index is 1.38. The first kappa shape index (κ1) is 24.1. The number of rotatable bonds is 7. The number of aliphatic carboxylic acids is 1. The summed E-state index contributed by atoms with van der Waals surface area (Å²) in [5, 5.41) is 29.4. The van der Waals surface area contributed by atoms with Crippen LogP contribution in [0.2, 0.25) is 0 Å². The van der Waals surface area contributed by atoms with Gasteiger partial charge in [-0.2, -0.15) is 9.55 Å². The number of hydrogen-bond acceptors (Lipinski definition) is 11. The number of carbonyl (C=O) groups is 3. The first-order valence-electron chi connectivity index (χ1n) is 10.9. The van der Waals surface area contributed by atoms with E-state index in [1.54, 1.807) is 22.9 Å². The van der Waals surface area contributed by atoms with Crippen molar-refractivity contribution in [3.8, 4) is 5.75 Å². The smallest absolute Gasteiger partial charge is 0.292 e. The molecule has 4 heterocycles. The summed E-state index contributed by atoms with van der Waals surface area (Å²) in [7, 11) is 1.23. The molecule has 5 rings (SSSR count). The molecule has 1 fully saturated rings. The Bertz CT molecular complexity index is 1500. The highest BCUT2D eigenvalue weighted by Crippen LogP contribution is 2.40. The molecular weight excluding hydrogens is 504 g/mol. The Morgan fingerprint density at radius 3 is 2.89 bits per heavy atom. The maximum atomic E-state index is 13.0. The Hall–Kier alpha value is -4.59. The molecule has 0 saturated carbocycles. The highest BCUT2D eigenvalue weighted by atomic mass is 32.2. The molecule has 1 unspecified atom stereocenters. The van der Waals surface area contributed by atoms with Crippen molar-refractivity contribution in [1.82, 2.24) is 15.2 Å². The normalized spacial score (nSPS) is 19.4. The number of fused-ring (bicyclic) bond motifs is 2. The molecule has 37 heavy (non-hydrogen) atoms. The number of nitrogens with two attached hydrogens (primary N) is 1. The van der Waals surface area contributed by atoms with Crippen LogP contribution < -0.4 is 20.7 Å². The monoisotopic (exact) mass is 524 g/mol. The molecule has 1 aromatic carbocycles. The standard InChI is InChI=1S/C23H20N6O7S/c1-35-27-16(14-9-36-23(24)25-14)19(31)26-17-20(32)29-18(22(33)34)12(10-37-21(17)29)7-28-6-11-4-2-3-5-13(11)15(30)8-28/h2-6,8-9,17,21H,7,10H2,1H3,(H4-,24,25,26,30,31,33,34)/b27-16-/t17?,21-/m1/s1. The second-order valence-electron chi connectivity index (χ2n) is 8.20. The number of β-lactam (4-membered cyclic amide) rings is 1. The van der Waals surface area contributed by atoms with Crippen LogP contribution in [0.25, 0.3) is 10.8 Å². The van der Waals surface area contributed by atoms with Crippen molar-refractivity contribution in [2.24, 2.45) is 5.16 Å². The average Bonchev–Trinajstić information content (AvgIpc) is 3.31. The fourth-order valence-electron chi connectivity index (χ4n) is 4.29. The van der Waals surface area contributed by atoms with Crippen LogP contribution in [0.3, 0.4) is 0 Å². The number of benzene rings is 1. The number of oxazole rings is 1. The van der Waals surface area contributed by atoms with E-state index in [1.165, 1.54) is 25.1 Å². The number of carboxylic acid groups (broad SMARTS) is 1. The second-order valence-corrected chi connectivity index (χ2v) is 9.30. The number of anilines is 1. The number of nitrogen functional groups attached to an aromatic ring is 1. The zero-order valence-corrected chi connectivity index (χ0v) is 20.1. The van der Waals surface area contributed by atoms with Crippen LogP contribution in [0, 0.1) is 0 Å². The van der Waals surface area contributed by atoms with E-state index in [-0.39, 0.29) is 41.2 Å². The summed E-state index contributed by atoms with van der Waals surface area (Å²) in [6, 6.07) is 6.02. The molecule has 0 bridgehead atoms. The molecule has 2 aromatic heterocycles. The van der Waals surface area contributed by atoms with Crippen LogP contribution in [0.5, 0.6) is 5.75 Å². The molecule has 1 saturated heterocycles. The predicted molar refractivity (Wildman–Crippen MR) is 127 cm³/mol. The molecule has 2 atom stereocenters. The summed E-state index contributed by atoms with van der Waals surface area (Å²) < 4.78 is 6.55. The van der Waals surface area contributed by atoms with Crippen LogP contribution in [-0.4, -0.2) is 62.8 Å². The SMILES string of the molecule is CO/N=C(\C(=O)NC1C(=O)N2C(C(=O)[O-])=C(C[n+]3cc(O)c4ccccc4c3)CS[C@H]12)c1coc(N)n1. The number of thioether (sulfide) groups is 1. The Kier molecular flexibility index (Phi) is 6.17. The third kappa shape index (κ3) is 4.31. The van der Waals surface area contributed by atoms with Gasteiger partial charge in [0.05, 0.1) is 11.7 Å². The molecule has 2 aliphatic heterocycles. The van der Waals surface area contributed by atoms with Crippen LogP contribution in [0.4, 0.5) is 6.01 Å².